The van der Waals surface area contributed by atoms with Crippen molar-refractivity contribution in [1.29, 1.82) is 5.26 Å². The maximum atomic E-state index is 11.9. The highest BCUT2D eigenvalue weighted by atomic mass is 35.5. The Morgan fingerprint density at radius 3 is 3.10 bits per heavy atom. The lowest BCUT2D eigenvalue weighted by atomic mass is 9.86. The van der Waals surface area contributed by atoms with Crippen molar-refractivity contribution in [2.45, 2.75) is 12.5 Å². The van der Waals surface area contributed by atoms with E-state index in [0.29, 0.717) is 41.7 Å². The van der Waals surface area contributed by atoms with Crippen LogP contribution < -0.4 is 15.7 Å². The number of benzene rings is 1. The van der Waals surface area contributed by atoms with Crippen LogP contribution in [0, 0.1) is 17.2 Å². The number of hydrogen-bond acceptors (Lipinski definition) is 7. The van der Waals surface area contributed by atoms with Gasteiger partial charge >= 0.3 is 7.12 Å². The van der Waals surface area contributed by atoms with Crippen LogP contribution >= 0.6 is 11.6 Å². The van der Waals surface area contributed by atoms with E-state index in [4.69, 9.17) is 26.7 Å². The van der Waals surface area contributed by atoms with Gasteiger partial charge in [-0.1, -0.05) is 11.6 Å². The molecule has 11 heteroatoms. The summed E-state index contributed by atoms with van der Waals surface area (Å²) in [6, 6.07) is 7.03. The minimum absolute atomic E-state index is 0.193. The molecule has 0 aliphatic carbocycles. The molecule has 1 saturated heterocycles. The normalized spacial score (nSPS) is 20.9. The lowest BCUT2D eigenvalue weighted by Crippen LogP contribution is -2.29. The van der Waals surface area contributed by atoms with Crippen molar-refractivity contribution in [3.63, 3.8) is 0 Å². The summed E-state index contributed by atoms with van der Waals surface area (Å²) < 4.78 is 12.3. The monoisotopic (exact) mass is 413 g/mol. The van der Waals surface area contributed by atoms with Crippen LogP contribution in [0.25, 0.3) is 5.03 Å². The number of carbonyl (C=O) groups excluding carboxylic acids is 1. The van der Waals surface area contributed by atoms with E-state index in [-0.39, 0.29) is 23.3 Å². The molecule has 2 atom stereocenters. The van der Waals surface area contributed by atoms with E-state index in [2.05, 4.69) is 16.5 Å². The lowest BCUT2D eigenvalue weighted by Gasteiger charge is -2.26. The maximum Gasteiger partial charge on any atom is 0.553 e. The minimum Gasteiger partial charge on any atom is -0.532 e. The van der Waals surface area contributed by atoms with Crippen LogP contribution in [0.2, 0.25) is 0 Å². The van der Waals surface area contributed by atoms with Gasteiger partial charge in [-0.05, 0) is 30.6 Å². The van der Waals surface area contributed by atoms with Gasteiger partial charge in [0, 0.05) is 29.1 Å². The molecule has 1 fully saturated rings. The number of nitrogens with zero attached hydrogens (tertiary/aromatic N) is 3. The number of fused-ring (bicyclic) bond motifs is 1. The average Bonchev–Trinajstić information content (AvgIpc) is 3.12. The zero-order chi connectivity index (χ0) is 20.5. The summed E-state index contributed by atoms with van der Waals surface area (Å²) in [5.74, 6) is 1.16. The molecule has 2 aliphatic rings. The Labute approximate surface area is 171 Å². The van der Waals surface area contributed by atoms with Crippen molar-refractivity contribution >= 4 is 41.2 Å². The minimum atomic E-state index is -1.10. The number of nitrogens with one attached hydrogen (secondary N) is 1. The predicted octanol–water partition coefficient (Wildman–Crippen LogP) is 1.82. The SMILES string of the molecule is N#C[C@@H]1CCOCC1n1cc(C(N)=O)c(Nc2ccc3c(c2)C(Cl)=CB(O)O3)n1. The standard InChI is InChI=1S/C18H17BClN5O4/c20-14-6-19(27)29-16-2-1-11(5-12(14)16)23-18-13(17(22)26)8-25(24-18)15-9-28-4-3-10(15)7-21/h1-2,5-6,8,10,15,27H,3-4,9H2,(H2,22,26)(H,23,24)/t10-,15?/m0/s1. The molecule has 1 amide bonds. The summed E-state index contributed by atoms with van der Waals surface area (Å²) in [6.45, 7) is 0.848. The lowest BCUT2D eigenvalue weighted by molar-refractivity contribution is 0.0342. The third-order valence-corrected chi connectivity index (χ3v) is 5.20. The topological polar surface area (TPSA) is 135 Å². The van der Waals surface area contributed by atoms with Gasteiger partial charge < -0.3 is 25.5 Å². The summed E-state index contributed by atoms with van der Waals surface area (Å²) in [7, 11) is -1.10. The second-order valence-corrected chi connectivity index (χ2v) is 7.17. The number of carbonyl (C=O) groups is 1. The fourth-order valence-corrected chi connectivity index (χ4v) is 3.64. The van der Waals surface area contributed by atoms with Gasteiger partial charge in [0.05, 0.1) is 24.6 Å². The smallest absolute Gasteiger partial charge is 0.532 e. The van der Waals surface area contributed by atoms with Gasteiger partial charge in [0.2, 0.25) is 0 Å². The number of ether oxygens (including phenoxy) is 1. The number of rotatable bonds is 4. The van der Waals surface area contributed by atoms with Crippen LogP contribution in [0.3, 0.4) is 0 Å². The number of aromatic nitrogens is 2. The molecular weight excluding hydrogens is 396 g/mol. The molecule has 9 nitrogen and oxygen atoms in total. The van der Waals surface area contributed by atoms with E-state index in [9.17, 15) is 15.1 Å². The summed E-state index contributed by atoms with van der Waals surface area (Å²) in [5, 5.41) is 26.9. The number of primary amides is 1. The van der Waals surface area contributed by atoms with Crippen LogP contribution in [0.4, 0.5) is 11.5 Å². The van der Waals surface area contributed by atoms with Crippen molar-refractivity contribution in [2.24, 2.45) is 11.7 Å². The second-order valence-electron chi connectivity index (χ2n) is 6.76. The fraction of sp³-hybridized carbons (Fsp3) is 0.278. The predicted molar refractivity (Wildman–Crippen MR) is 106 cm³/mol. The van der Waals surface area contributed by atoms with Crippen LogP contribution in [-0.2, 0) is 4.74 Å². The van der Waals surface area contributed by atoms with Gasteiger partial charge in [0.15, 0.2) is 5.82 Å². The molecule has 2 aromatic rings. The number of hydrogen-bond donors (Lipinski definition) is 3. The molecule has 0 spiro atoms. The first kappa shape index (κ1) is 19.3. The molecule has 0 saturated carbocycles. The average molecular weight is 414 g/mol. The van der Waals surface area contributed by atoms with Crippen molar-refractivity contribution in [1.82, 2.24) is 9.78 Å². The maximum absolute atomic E-state index is 11.9. The Morgan fingerprint density at radius 1 is 1.52 bits per heavy atom. The third kappa shape index (κ3) is 3.80. The number of amides is 1. The Balaban J connectivity index is 1.65. The first-order valence-electron chi connectivity index (χ1n) is 8.96. The number of nitriles is 1. The Morgan fingerprint density at radius 2 is 2.34 bits per heavy atom. The Kier molecular flexibility index (Phi) is 5.19. The molecule has 0 bridgehead atoms. The van der Waals surface area contributed by atoms with Gasteiger partial charge in [0.25, 0.3) is 5.91 Å². The molecule has 4 rings (SSSR count). The molecule has 1 aromatic heterocycles. The summed E-state index contributed by atoms with van der Waals surface area (Å²) >= 11 is 6.19. The third-order valence-electron chi connectivity index (χ3n) is 4.87. The van der Waals surface area contributed by atoms with Gasteiger partial charge in [-0.2, -0.15) is 10.4 Å². The summed E-state index contributed by atoms with van der Waals surface area (Å²) in [6.07, 6.45) is 2.12. The number of halogens is 1. The largest absolute Gasteiger partial charge is 0.553 e. The molecule has 148 valence electrons. The second kappa shape index (κ2) is 7.79. The first-order valence-corrected chi connectivity index (χ1v) is 9.34. The van der Waals surface area contributed by atoms with Gasteiger partial charge in [-0.25, -0.2) is 0 Å². The molecule has 1 unspecified atom stereocenters. The molecular formula is C18H17BClN5O4. The highest BCUT2D eigenvalue weighted by Crippen LogP contribution is 2.36. The fourth-order valence-electron chi connectivity index (χ4n) is 3.38. The molecule has 2 aliphatic heterocycles. The van der Waals surface area contributed by atoms with Crippen LogP contribution in [-0.4, -0.2) is 41.0 Å². The Bertz CT molecular complexity index is 1030. The van der Waals surface area contributed by atoms with Crippen LogP contribution in [0.15, 0.2) is 30.4 Å². The van der Waals surface area contributed by atoms with Crippen molar-refractivity contribution in [2.75, 3.05) is 18.5 Å². The van der Waals surface area contributed by atoms with Crippen molar-refractivity contribution < 1.29 is 19.2 Å². The molecule has 29 heavy (non-hydrogen) atoms. The molecule has 4 N–H and O–H groups in total. The van der Waals surface area contributed by atoms with Gasteiger partial charge in [-0.15, -0.1) is 0 Å². The molecule has 0 radical (unpaired) electrons. The number of nitrogens with two attached hydrogens (primary N) is 1. The summed E-state index contributed by atoms with van der Waals surface area (Å²) in [4.78, 5) is 11.9. The van der Waals surface area contributed by atoms with E-state index in [1.807, 2.05) is 0 Å². The van der Waals surface area contributed by atoms with Crippen molar-refractivity contribution in [3.05, 3.63) is 41.5 Å². The van der Waals surface area contributed by atoms with Gasteiger partial charge in [-0.3, -0.25) is 9.48 Å². The van der Waals surface area contributed by atoms with E-state index in [1.54, 1.807) is 22.9 Å². The highest BCUT2D eigenvalue weighted by Gasteiger charge is 2.30. The van der Waals surface area contributed by atoms with E-state index in [1.165, 1.54) is 12.2 Å². The van der Waals surface area contributed by atoms with E-state index >= 15 is 0 Å². The zero-order valence-electron chi connectivity index (χ0n) is 15.2. The van der Waals surface area contributed by atoms with Crippen LogP contribution in [0.5, 0.6) is 5.75 Å². The highest BCUT2D eigenvalue weighted by molar-refractivity contribution is 6.61. The quantitative estimate of drug-likeness (QED) is 0.650. The van der Waals surface area contributed by atoms with Crippen LogP contribution in [0.1, 0.15) is 28.4 Å². The van der Waals surface area contributed by atoms with Crippen molar-refractivity contribution in [3.8, 4) is 11.8 Å². The van der Waals surface area contributed by atoms with Gasteiger partial charge in [0.1, 0.15) is 11.3 Å². The summed E-state index contributed by atoms with van der Waals surface area (Å²) in [5.41, 5.74) is 6.90. The zero-order valence-corrected chi connectivity index (χ0v) is 16.0. The van der Waals surface area contributed by atoms with E-state index in [0.717, 1.165) is 0 Å². The molecule has 1 aromatic carbocycles. The first-order chi connectivity index (χ1) is 14.0. The number of anilines is 2. The van der Waals surface area contributed by atoms with E-state index < -0.39 is 13.0 Å². The Hall–Kier alpha value is -3.00. The molecule has 3 heterocycles.